The molecule has 0 atom stereocenters. The van der Waals surface area contributed by atoms with Crippen molar-refractivity contribution in [2.24, 2.45) is 15.9 Å². The highest BCUT2D eigenvalue weighted by atomic mass is 14.9. The maximum atomic E-state index is 4.85. The Bertz CT molecular complexity index is 505. The lowest BCUT2D eigenvalue weighted by Crippen LogP contribution is -2.16. The summed E-state index contributed by atoms with van der Waals surface area (Å²) in [7, 11) is 1.85. The molecular formula is C20H30N2. The van der Waals surface area contributed by atoms with Gasteiger partial charge in [0.2, 0.25) is 0 Å². The number of aryl methyl sites for hydroxylation is 1. The fraction of sp³-hybridized carbons (Fsp3) is 0.600. The van der Waals surface area contributed by atoms with Gasteiger partial charge in [-0.05, 0) is 44.1 Å². The molecule has 22 heavy (non-hydrogen) atoms. The van der Waals surface area contributed by atoms with Crippen LogP contribution in [0.2, 0.25) is 0 Å². The van der Waals surface area contributed by atoms with E-state index in [2.05, 4.69) is 43.1 Å². The Morgan fingerprint density at radius 2 is 1.77 bits per heavy atom. The lowest BCUT2D eigenvalue weighted by molar-refractivity contribution is 0.438. The molecule has 1 aromatic rings. The number of rotatable bonds is 5. The van der Waals surface area contributed by atoms with Crippen LogP contribution in [0.25, 0.3) is 0 Å². The van der Waals surface area contributed by atoms with Crippen LogP contribution in [0, 0.1) is 5.92 Å². The summed E-state index contributed by atoms with van der Waals surface area (Å²) < 4.78 is 0. The molecule has 120 valence electrons. The van der Waals surface area contributed by atoms with E-state index in [1.54, 1.807) is 0 Å². The smallest absolute Gasteiger partial charge is 0.154 e. The molecule has 2 rings (SSSR count). The zero-order valence-corrected chi connectivity index (χ0v) is 14.4. The predicted octanol–water partition coefficient (Wildman–Crippen LogP) is 5.45. The van der Waals surface area contributed by atoms with E-state index in [0.717, 1.165) is 11.4 Å². The van der Waals surface area contributed by atoms with Crippen molar-refractivity contribution < 1.29 is 0 Å². The van der Waals surface area contributed by atoms with Crippen LogP contribution < -0.4 is 0 Å². The van der Waals surface area contributed by atoms with Crippen LogP contribution in [0.3, 0.4) is 0 Å². The van der Waals surface area contributed by atoms with Gasteiger partial charge in [-0.25, -0.2) is 4.99 Å². The SMILES string of the molecule is CCCCc1ccc(C(=NC)N=C(C)C2CCCCC2)cc1. The zero-order valence-electron chi connectivity index (χ0n) is 14.4. The molecule has 1 saturated carbocycles. The molecule has 1 aliphatic carbocycles. The number of unbranched alkanes of at least 4 members (excludes halogenated alkanes) is 1. The van der Waals surface area contributed by atoms with Crippen molar-refractivity contribution in [2.75, 3.05) is 7.05 Å². The molecule has 1 aromatic carbocycles. The number of nitrogens with zero attached hydrogens (tertiary/aromatic N) is 2. The standard InChI is InChI=1S/C20H30N2/c1-4-5-9-17-12-14-19(15-13-17)20(21-3)22-16(2)18-10-7-6-8-11-18/h12-15,18H,4-11H2,1-3H3. The van der Waals surface area contributed by atoms with Crippen LogP contribution in [0.4, 0.5) is 0 Å². The third-order valence-corrected chi connectivity index (χ3v) is 4.72. The molecule has 2 nitrogen and oxygen atoms in total. The van der Waals surface area contributed by atoms with Gasteiger partial charge >= 0.3 is 0 Å². The first kappa shape index (κ1) is 16.9. The Kier molecular flexibility index (Phi) is 6.82. The predicted molar refractivity (Wildman–Crippen MR) is 97.2 cm³/mol. The normalized spacial score (nSPS) is 17.8. The van der Waals surface area contributed by atoms with Crippen LogP contribution >= 0.6 is 0 Å². The topological polar surface area (TPSA) is 24.7 Å². The summed E-state index contributed by atoms with van der Waals surface area (Å²) in [6.07, 6.45) is 10.3. The highest BCUT2D eigenvalue weighted by Crippen LogP contribution is 2.25. The molecule has 0 saturated heterocycles. The molecule has 1 fully saturated rings. The average Bonchev–Trinajstić information content (AvgIpc) is 2.59. The van der Waals surface area contributed by atoms with Crippen molar-refractivity contribution in [3.8, 4) is 0 Å². The summed E-state index contributed by atoms with van der Waals surface area (Å²) in [5, 5.41) is 0. The minimum absolute atomic E-state index is 0.661. The van der Waals surface area contributed by atoms with Crippen molar-refractivity contribution in [3.63, 3.8) is 0 Å². The van der Waals surface area contributed by atoms with Gasteiger partial charge in [-0.1, -0.05) is 56.9 Å². The second-order valence-electron chi connectivity index (χ2n) is 6.44. The van der Waals surface area contributed by atoms with Crippen molar-refractivity contribution in [3.05, 3.63) is 35.4 Å². The largest absolute Gasteiger partial charge is 0.270 e. The van der Waals surface area contributed by atoms with Gasteiger partial charge < -0.3 is 0 Å². The first-order chi connectivity index (χ1) is 10.7. The van der Waals surface area contributed by atoms with Gasteiger partial charge in [0.1, 0.15) is 0 Å². The van der Waals surface area contributed by atoms with Gasteiger partial charge in [-0.15, -0.1) is 0 Å². The summed E-state index contributed by atoms with van der Waals surface area (Å²) >= 11 is 0. The second kappa shape index (κ2) is 8.87. The van der Waals surface area contributed by atoms with Gasteiger partial charge in [0, 0.05) is 18.3 Å². The second-order valence-corrected chi connectivity index (χ2v) is 6.44. The fourth-order valence-electron chi connectivity index (χ4n) is 3.22. The van der Waals surface area contributed by atoms with E-state index in [1.165, 1.54) is 62.6 Å². The molecule has 0 heterocycles. The Morgan fingerprint density at radius 3 is 2.36 bits per heavy atom. The number of hydrogen-bond acceptors (Lipinski definition) is 1. The van der Waals surface area contributed by atoms with Crippen molar-refractivity contribution in [2.45, 2.75) is 65.2 Å². The van der Waals surface area contributed by atoms with E-state index >= 15 is 0 Å². The van der Waals surface area contributed by atoms with E-state index in [-0.39, 0.29) is 0 Å². The van der Waals surface area contributed by atoms with Crippen LogP contribution in [-0.2, 0) is 6.42 Å². The summed E-state index contributed by atoms with van der Waals surface area (Å²) in [5.41, 5.74) is 3.81. The van der Waals surface area contributed by atoms with Crippen molar-refractivity contribution in [1.29, 1.82) is 0 Å². The minimum atomic E-state index is 0.661. The Hall–Kier alpha value is -1.44. The Labute approximate surface area is 135 Å². The Morgan fingerprint density at radius 1 is 1.09 bits per heavy atom. The average molecular weight is 298 g/mol. The van der Waals surface area contributed by atoms with Gasteiger partial charge in [0.05, 0.1) is 0 Å². The summed E-state index contributed by atoms with van der Waals surface area (Å²) in [6.45, 7) is 4.41. The van der Waals surface area contributed by atoms with E-state index in [4.69, 9.17) is 4.99 Å². The number of aliphatic imine (C=N–C) groups is 2. The van der Waals surface area contributed by atoms with Gasteiger partial charge in [-0.2, -0.15) is 0 Å². The molecular weight excluding hydrogens is 268 g/mol. The molecule has 0 amide bonds. The number of benzene rings is 1. The Balaban J connectivity index is 2.07. The first-order valence-corrected chi connectivity index (χ1v) is 8.86. The highest BCUT2D eigenvalue weighted by Gasteiger charge is 2.16. The summed E-state index contributed by atoms with van der Waals surface area (Å²) in [6, 6.07) is 8.79. The van der Waals surface area contributed by atoms with Gasteiger partial charge in [-0.3, -0.25) is 4.99 Å². The molecule has 0 unspecified atom stereocenters. The van der Waals surface area contributed by atoms with Crippen LogP contribution in [0.15, 0.2) is 34.3 Å². The lowest BCUT2D eigenvalue weighted by Gasteiger charge is -2.21. The van der Waals surface area contributed by atoms with Gasteiger partial charge in [0.25, 0.3) is 0 Å². The molecule has 0 N–H and O–H groups in total. The molecule has 0 spiro atoms. The first-order valence-electron chi connectivity index (χ1n) is 8.86. The molecule has 0 aromatic heterocycles. The fourth-order valence-corrected chi connectivity index (χ4v) is 3.22. The zero-order chi connectivity index (χ0) is 15.8. The number of amidine groups is 1. The lowest BCUT2D eigenvalue weighted by atomic mass is 9.86. The summed E-state index contributed by atoms with van der Waals surface area (Å²) in [4.78, 5) is 9.26. The van der Waals surface area contributed by atoms with E-state index < -0.39 is 0 Å². The van der Waals surface area contributed by atoms with Crippen molar-refractivity contribution >= 4 is 11.5 Å². The maximum absolute atomic E-state index is 4.85. The van der Waals surface area contributed by atoms with Crippen LogP contribution in [0.1, 0.15) is 69.9 Å². The highest BCUT2D eigenvalue weighted by molar-refractivity contribution is 6.06. The molecule has 0 bridgehead atoms. The quantitative estimate of drug-likeness (QED) is 0.510. The van der Waals surface area contributed by atoms with E-state index in [9.17, 15) is 0 Å². The minimum Gasteiger partial charge on any atom is -0.270 e. The third kappa shape index (κ3) is 4.79. The van der Waals surface area contributed by atoms with Gasteiger partial charge in [0.15, 0.2) is 5.84 Å². The molecule has 2 heteroatoms. The molecule has 1 aliphatic rings. The van der Waals surface area contributed by atoms with Crippen molar-refractivity contribution in [1.82, 2.24) is 0 Å². The monoisotopic (exact) mass is 298 g/mol. The van der Waals surface area contributed by atoms with E-state index in [1.807, 2.05) is 7.05 Å². The molecule has 0 aliphatic heterocycles. The van der Waals surface area contributed by atoms with E-state index in [0.29, 0.717) is 5.92 Å². The summed E-state index contributed by atoms with van der Waals surface area (Å²) in [5.74, 6) is 1.54. The third-order valence-electron chi connectivity index (χ3n) is 4.72. The molecule has 0 radical (unpaired) electrons. The van der Waals surface area contributed by atoms with Crippen LogP contribution in [-0.4, -0.2) is 18.6 Å². The van der Waals surface area contributed by atoms with Crippen LogP contribution in [0.5, 0.6) is 0 Å². The maximum Gasteiger partial charge on any atom is 0.154 e. The number of hydrogen-bond donors (Lipinski definition) is 0.